The Morgan fingerprint density at radius 1 is 1.15 bits per heavy atom. The van der Waals surface area contributed by atoms with Gasteiger partial charge in [0.25, 0.3) is 5.69 Å². The third-order valence-electron chi connectivity index (χ3n) is 4.99. The van der Waals surface area contributed by atoms with Crippen LogP contribution in [0.2, 0.25) is 0 Å². The third-order valence-corrected chi connectivity index (χ3v) is 5.92. The minimum absolute atomic E-state index is 0.145. The molecule has 1 amide bonds. The van der Waals surface area contributed by atoms with Crippen LogP contribution in [0.15, 0.2) is 40.9 Å². The number of halogens is 1. The van der Waals surface area contributed by atoms with Gasteiger partial charge in [0, 0.05) is 12.1 Å². The first-order valence-corrected chi connectivity index (χ1v) is 11.0. The van der Waals surface area contributed by atoms with Gasteiger partial charge < -0.3 is 20.2 Å². The lowest BCUT2D eigenvalue weighted by atomic mass is 10.0. The van der Waals surface area contributed by atoms with Gasteiger partial charge in [0.2, 0.25) is 5.91 Å². The highest BCUT2D eigenvalue weighted by molar-refractivity contribution is 9.10. The Bertz CT molecular complexity index is 1290. The van der Waals surface area contributed by atoms with Crippen LogP contribution in [0.3, 0.4) is 0 Å². The zero-order valence-corrected chi connectivity index (χ0v) is 20.5. The van der Waals surface area contributed by atoms with Crippen molar-refractivity contribution < 1.29 is 19.4 Å². The number of non-ortho nitro benzene ring substituents is 1. The molecule has 12 heteroatoms. The molecule has 0 spiro atoms. The van der Waals surface area contributed by atoms with Gasteiger partial charge >= 0.3 is 5.82 Å². The average Bonchev–Trinajstić information content (AvgIpc) is 3.02. The summed E-state index contributed by atoms with van der Waals surface area (Å²) in [7, 11) is 0. The summed E-state index contributed by atoms with van der Waals surface area (Å²) in [4.78, 5) is 33.9. The van der Waals surface area contributed by atoms with Crippen LogP contribution in [-0.2, 0) is 11.3 Å². The summed E-state index contributed by atoms with van der Waals surface area (Å²) < 4.78 is 7.34. The number of carbonyl (C=O) groups excluding carboxylic acids is 1. The van der Waals surface area contributed by atoms with Gasteiger partial charge in [0.1, 0.15) is 22.5 Å². The van der Waals surface area contributed by atoms with Gasteiger partial charge in [-0.05, 0) is 57.8 Å². The molecule has 0 fully saturated rings. The number of amides is 1. The van der Waals surface area contributed by atoms with Crippen LogP contribution in [0.25, 0.3) is 0 Å². The van der Waals surface area contributed by atoms with Crippen molar-refractivity contribution in [1.82, 2.24) is 9.78 Å². The minimum Gasteiger partial charge on any atom is -0.457 e. The van der Waals surface area contributed by atoms with E-state index >= 15 is 0 Å². The average molecular weight is 532 g/mol. The summed E-state index contributed by atoms with van der Waals surface area (Å²) >= 11 is 3.10. The predicted octanol–water partition coefficient (Wildman–Crippen LogP) is 5.63. The molecule has 1 heterocycles. The number of anilines is 1. The molecule has 0 saturated heterocycles. The highest BCUT2D eigenvalue weighted by Gasteiger charge is 2.25. The molecule has 3 aromatic rings. The molecule has 0 aliphatic heterocycles. The van der Waals surface area contributed by atoms with E-state index in [1.54, 1.807) is 6.92 Å². The molecule has 11 nitrogen and oxygen atoms in total. The highest BCUT2D eigenvalue weighted by Crippen LogP contribution is 2.35. The van der Waals surface area contributed by atoms with Crippen molar-refractivity contribution in [2.45, 2.75) is 40.2 Å². The molecule has 0 saturated carbocycles. The molecule has 0 aliphatic rings. The van der Waals surface area contributed by atoms with Crippen molar-refractivity contribution in [2.24, 2.45) is 0 Å². The number of aryl methyl sites for hydroxylation is 1. The molecule has 3 rings (SSSR count). The number of hydrogen-bond acceptors (Lipinski definition) is 7. The zero-order valence-electron chi connectivity index (χ0n) is 18.9. The number of carbonyl (C=O) groups is 1. The topological polar surface area (TPSA) is 142 Å². The lowest BCUT2D eigenvalue weighted by Crippen LogP contribution is -2.20. The minimum atomic E-state index is -0.660. The number of nitrogens with one attached hydrogen (secondary N) is 1. The lowest BCUT2D eigenvalue weighted by Gasteiger charge is -2.15. The summed E-state index contributed by atoms with van der Waals surface area (Å²) in [5.74, 6) is -0.0646. The molecule has 34 heavy (non-hydrogen) atoms. The molecule has 2 aromatic carbocycles. The molecule has 1 N–H and O–H groups in total. The smallest absolute Gasteiger partial charge is 0.404 e. The van der Waals surface area contributed by atoms with Crippen LogP contribution in [-0.4, -0.2) is 25.5 Å². The maximum absolute atomic E-state index is 12.6. The van der Waals surface area contributed by atoms with Crippen LogP contribution < -0.4 is 10.1 Å². The fourth-order valence-corrected chi connectivity index (χ4v) is 3.70. The van der Waals surface area contributed by atoms with Gasteiger partial charge in [-0.2, -0.15) is 4.68 Å². The van der Waals surface area contributed by atoms with Crippen molar-refractivity contribution in [3.8, 4) is 11.5 Å². The molecule has 1 aromatic heterocycles. The summed E-state index contributed by atoms with van der Waals surface area (Å²) in [6.07, 6.45) is 0. The van der Waals surface area contributed by atoms with E-state index in [9.17, 15) is 25.0 Å². The second-order valence-electron chi connectivity index (χ2n) is 7.96. The number of nitro groups is 2. The standard InChI is InChI=1S/C22H22BrN5O6/c1-12(2)18-6-5-13(3)7-19(18)34-17-9-15(8-16(10-17)27(30)31)24-20(29)11-26-14(4)21(23)22(25-26)28(32)33/h5-10,12H,11H2,1-4H3,(H,24,29). The van der Waals surface area contributed by atoms with E-state index in [4.69, 9.17) is 4.74 Å². The fourth-order valence-electron chi connectivity index (χ4n) is 3.27. The Morgan fingerprint density at radius 3 is 2.44 bits per heavy atom. The quantitative estimate of drug-likeness (QED) is 0.292. The first kappa shape index (κ1) is 24.8. The molecule has 0 bridgehead atoms. The number of rotatable bonds is 8. The van der Waals surface area contributed by atoms with E-state index in [1.165, 1.54) is 22.9 Å². The molecule has 0 atom stereocenters. The predicted molar refractivity (Wildman–Crippen MR) is 128 cm³/mol. The molecule has 0 aliphatic carbocycles. The lowest BCUT2D eigenvalue weighted by molar-refractivity contribution is -0.390. The largest absolute Gasteiger partial charge is 0.457 e. The van der Waals surface area contributed by atoms with Gasteiger partial charge in [0.15, 0.2) is 0 Å². The Kier molecular flexibility index (Phi) is 7.30. The van der Waals surface area contributed by atoms with Gasteiger partial charge in [-0.1, -0.05) is 26.0 Å². The Labute approximate surface area is 203 Å². The first-order valence-electron chi connectivity index (χ1n) is 10.2. The number of hydrogen-bond donors (Lipinski definition) is 1. The molecule has 0 radical (unpaired) electrons. The van der Waals surface area contributed by atoms with Crippen molar-refractivity contribution in [3.05, 3.63) is 77.9 Å². The van der Waals surface area contributed by atoms with Crippen LogP contribution in [0.5, 0.6) is 11.5 Å². The number of ether oxygens (including phenoxy) is 1. The molecule has 0 unspecified atom stereocenters. The third kappa shape index (κ3) is 5.57. The first-order chi connectivity index (χ1) is 16.0. The Morgan fingerprint density at radius 2 is 1.85 bits per heavy atom. The maximum Gasteiger partial charge on any atom is 0.404 e. The second kappa shape index (κ2) is 10.00. The molecular weight excluding hydrogens is 510 g/mol. The van der Waals surface area contributed by atoms with Gasteiger partial charge in [-0.25, -0.2) is 0 Å². The molecule has 178 valence electrons. The van der Waals surface area contributed by atoms with Crippen LogP contribution >= 0.6 is 15.9 Å². The van der Waals surface area contributed by atoms with E-state index in [0.717, 1.165) is 11.1 Å². The van der Waals surface area contributed by atoms with E-state index in [2.05, 4.69) is 26.3 Å². The van der Waals surface area contributed by atoms with Crippen molar-refractivity contribution in [2.75, 3.05) is 5.32 Å². The maximum atomic E-state index is 12.6. The number of nitro benzene ring substituents is 1. The van der Waals surface area contributed by atoms with Gasteiger partial charge in [-0.15, -0.1) is 0 Å². The number of nitrogens with zero attached hydrogens (tertiary/aromatic N) is 4. The number of aromatic nitrogens is 2. The monoisotopic (exact) mass is 531 g/mol. The van der Waals surface area contributed by atoms with Crippen LogP contribution in [0.1, 0.15) is 36.6 Å². The highest BCUT2D eigenvalue weighted by atomic mass is 79.9. The van der Waals surface area contributed by atoms with Gasteiger partial charge in [-0.3, -0.25) is 14.9 Å². The van der Waals surface area contributed by atoms with E-state index in [0.29, 0.717) is 11.4 Å². The Balaban J connectivity index is 1.88. The van der Waals surface area contributed by atoms with Crippen molar-refractivity contribution in [1.29, 1.82) is 0 Å². The summed E-state index contributed by atoms with van der Waals surface area (Å²) in [5, 5.41) is 28.9. The summed E-state index contributed by atoms with van der Waals surface area (Å²) in [6.45, 7) is 7.18. The summed E-state index contributed by atoms with van der Waals surface area (Å²) in [6, 6.07) is 9.71. The Hall–Kier alpha value is -3.80. The van der Waals surface area contributed by atoms with Crippen LogP contribution in [0.4, 0.5) is 17.2 Å². The van der Waals surface area contributed by atoms with Crippen molar-refractivity contribution in [3.63, 3.8) is 0 Å². The van der Waals surface area contributed by atoms with Crippen LogP contribution in [0, 0.1) is 34.1 Å². The van der Waals surface area contributed by atoms with E-state index in [1.807, 2.05) is 39.0 Å². The normalized spacial score (nSPS) is 10.9. The van der Waals surface area contributed by atoms with E-state index in [-0.39, 0.29) is 34.1 Å². The summed E-state index contributed by atoms with van der Waals surface area (Å²) in [5.41, 5.74) is 2.18. The molecular formula is C22H22BrN5O6. The number of benzene rings is 2. The zero-order chi connectivity index (χ0) is 25.2. The fraction of sp³-hybridized carbons (Fsp3) is 0.273. The SMILES string of the molecule is Cc1ccc(C(C)C)c(Oc2cc(NC(=O)Cn3nc([N+](=O)[O-])c(Br)c3C)cc([N+](=O)[O-])c2)c1. The second-order valence-corrected chi connectivity index (χ2v) is 8.75. The van der Waals surface area contributed by atoms with Gasteiger partial charge in [0.05, 0.1) is 27.5 Å². The van der Waals surface area contributed by atoms with E-state index < -0.39 is 21.6 Å². The van der Waals surface area contributed by atoms with Crippen molar-refractivity contribution >= 4 is 39.0 Å².